The van der Waals surface area contributed by atoms with Crippen LogP contribution in [0.4, 0.5) is 4.79 Å². The number of fused-ring (bicyclic) bond motifs is 1. The second kappa shape index (κ2) is 7.96. The maximum absolute atomic E-state index is 12.8. The number of piperazine rings is 1. The molecule has 0 saturated carbocycles. The summed E-state index contributed by atoms with van der Waals surface area (Å²) >= 11 is 6.40. The summed E-state index contributed by atoms with van der Waals surface area (Å²) in [6.07, 6.45) is 1.15. The number of ether oxygens (including phenoxy) is 1. The lowest BCUT2D eigenvalue weighted by Crippen LogP contribution is -2.50. The third-order valence-corrected chi connectivity index (χ3v) is 5.28. The van der Waals surface area contributed by atoms with E-state index in [-0.39, 0.29) is 18.6 Å². The predicted octanol–water partition coefficient (Wildman–Crippen LogP) is 3.59. The van der Waals surface area contributed by atoms with Gasteiger partial charge in [-0.25, -0.2) is 4.79 Å². The Morgan fingerprint density at radius 1 is 1.22 bits per heavy atom. The van der Waals surface area contributed by atoms with Crippen LogP contribution in [0.5, 0.6) is 0 Å². The minimum atomic E-state index is -0.377. The van der Waals surface area contributed by atoms with Crippen LogP contribution in [0.25, 0.3) is 10.9 Å². The molecule has 1 aliphatic rings. The number of aromatic nitrogens is 1. The molecule has 2 aromatic rings. The van der Waals surface area contributed by atoms with Gasteiger partial charge >= 0.3 is 6.09 Å². The average molecular weight is 388 g/mol. The fourth-order valence-electron chi connectivity index (χ4n) is 3.06. The molecule has 1 aromatic heterocycles. The lowest BCUT2D eigenvalue weighted by Gasteiger charge is -2.34. The van der Waals surface area contributed by atoms with E-state index in [0.717, 1.165) is 16.6 Å². The molecule has 0 bridgehead atoms. The van der Waals surface area contributed by atoms with Crippen molar-refractivity contribution < 1.29 is 14.3 Å². The zero-order valence-electron chi connectivity index (χ0n) is 15.5. The van der Waals surface area contributed by atoms with E-state index in [1.165, 1.54) is 6.08 Å². The minimum absolute atomic E-state index is 0.0767. The number of aryl methyl sites for hydroxylation is 1. The first-order chi connectivity index (χ1) is 12.9. The first kappa shape index (κ1) is 19.2. The fraction of sp³-hybridized carbons (Fsp3) is 0.350. The van der Waals surface area contributed by atoms with Gasteiger partial charge in [-0.2, -0.15) is 0 Å². The van der Waals surface area contributed by atoms with Crippen LogP contribution < -0.4 is 0 Å². The molecule has 1 aliphatic heterocycles. The van der Waals surface area contributed by atoms with Gasteiger partial charge in [0.15, 0.2) is 0 Å². The fourth-order valence-corrected chi connectivity index (χ4v) is 3.36. The summed E-state index contributed by atoms with van der Waals surface area (Å²) in [4.78, 5) is 32.6. The van der Waals surface area contributed by atoms with Crippen molar-refractivity contribution in [3.8, 4) is 0 Å². The highest BCUT2D eigenvalue weighted by atomic mass is 35.5. The number of halogens is 1. The third-order valence-electron chi connectivity index (χ3n) is 4.79. The van der Waals surface area contributed by atoms with Crippen LogP contribution in [0, 0.1) is 13.8 Å². The topological polar surface area (TPSA) is 62.7 Å². The van der Waals surface area contributed by atoms with Crippen LogP contribution in [0.2, 0.25) is 5.02 Å². The van der Waals surface area contributed by atoms with Gasteiger partial charge in [-0.1, -0.05) is 30.3 Å². The van der Waals surface area contributed by atoms with Gasteiger partial charge in [0.1, 0.15) is 6.61 Å². The van der Waals surface area contributed by atoms with E-state index in [9.17, 15) is 9.59 Å². The molecule has 6 nitrogen and oxygen atoms in total. The molecule has 0 atom stereocenters. The quantitative estimate of drug-likeness (QED) is 0.755. The first-order valence-electron chi connectivity index (χ1n) is 8.80. The molecule has 1 fully saturated rings. The molecule has 2 heterocycles. The van der Waals surface area contributed by atoms with Crippen molar-refractivity contribution in [3.05, 3.63) is 52.7 Å². The van der Waals surface area contributed by atoms with Crippen molar-refractivity contribution in [1.29, 1.82) is 0 Å². The highest BCUT2D eigenvalue weighted by Crippen LogP contribution is 2.28. The Balaban J connectivity index is 1.72. The van der Waals surface area contributed by atoms with Crippen molar-refractivity contribution in [2.24, 2.45) is 0 Å². The van der Waals surface area contributed by atoms with Crippen molar-refractivity contribution >= 4 is 34.5 Å². The second-order valence-corrected chi connectivity index (χ2v) is 6.89. The monoisotopic (exact) mass is 387 g/mol. The van der Waals surface area contributed by atoms with Crippen molar-refractivity contribution in [1.82, 2.24) is 14.8 Å². The van der Waals surface area contributed by atoms with E-state index in [1.807, 2.05) is 19.9 Å². The van der Waals surface area contributed by atoms with Crippen LogP contribution in [0.3, 0.4) is 0 Å². The first-order valence-corrected chi connectivity index (χ1v) is 9.18. The highest BCUT2D eigenvalue weighted by Gasteiger charge is 2.25. The van der Waals surface area contributed by atoms with E-state index in [0.29, 0.717) is 42.3 Å². The molecule has 1 aromatic carbocycles. The van der Waals surface area contributed by atoms with Gasteiger partial charge in [-0.3, -0.25) is 9.78 Å². The molecule has 3 rings (SSSR count). The van der Waals surface area contributed by atoms with Crippen LogP contribution in [-0.4, -0.2) is 59.6 Å². The number of hydrogen-bond acceptors (Lipinski definition) is 4. The van der Waals surface area contributed by atoms with Gasteiger partial charge in [0, 0.05) is 42.8 Å². The van der Waals surface area contributed by atoms with E-state index < -0.39 is 0 Å². The standard InChI is InChI=1S/C20H22ClN3O3/c1-4-11-27-20(26)24-9-7-23(8-10-24)19(25)15-5-6-16-17(12-15)22-14(3)13(2)18(16)21/h4-6,12H,1,7-11H2,2-3H3. The molecule has 0 N–H and O–H groups in total. The van der Waals surface area contributed by atoms with E-state index in [2.05, 4.69) is 11.6 Å². The average Bonchev–Trinajstić information content (AvgIpc) is 2.69. The number of pyridine rings is 1. The Kier molecular flexibility index (Phi) is 5.65. The molecule has 27 heavy (non-hydrogen) atoms. The zero-order valence-corrected chi connectivity index (χ0v) is 16.3. The van der Waals surface area contributed by atoms with Gasteiger partial charge in [-0.15, -0.1) is 0 Å². The lowest BCUT2D eigenvalue weighted by molar-refractivity contribution is 0.0581. The van der Waals surface area contributed by atoms with Crippen molar-refractivity contribution in [3.63, 3.8) is 0 Å². The minimum Gasteiger partial charge on any atom is -0.445 e. The van der Waals surface area contributed by atoms with E-state index >= 15 is 0 Å². The van der Waals surface area contributed by atoms with E-state index in [1.54, 1.807) is 21.9 Å². The Labute approximate surface area is 163 Å². The molecular weight excluding hydrogens is 366 g/mol. The highest BCUT2D eigenvalue weighted by molar-refractivity contribution is 6.36. The van der Waals surface area contributed by atoms with Crippen LogP contribution in [0.15, 0.2) is 30.9 Å². The van der Waals surface area contributed by atoms with Crippen LogP contribution in [0.1, 0.15) is 21.6 Å². The van der Waals surface area contributed by atoms with Crippen LogP contribution >= 0.6 is 11.6 Å². The molecule has 1 saturated heterocycles. The van der Waals surface area contributed by atoms with E-state index in [4.69, 9.17) is 16.3 Å². The second-order valence-electron chi connectivity index (χ2n) is 6.51. The molecule has 0 radical (unpaired) electrons. The Hall–Kier alpha value is -2.60. The number of hydrogen-bond donors (Lipinski definition) is 0. The number of amides is 2. The smallest absolute Gasteiger partial charge is 0.410 e. The number of benzene rings is 1. The maximum atomic E-state index is 12.8. The van der Waals surface area contributed by atoms with Gasteiger partial charge in [0.05, 0.1) is 10.5 Å². The lowest BCUT2D eigenvalue weighted by atomic mass is 10.1. The Bertz CT molecular complexity index is 905. The summed E-state index contributed by atoms with van der Waals surface area (Å²) < 4.78 is 5.04. The van der Waals surface area contributed by atoms with Crippen LogP contribution in [-0.2, 0) is 4.74 Å². The zero-order chi connectivity index (χ0) is 19.6. The third kappa shape index (κ3) is 3.90. The predicted molar refractivity (Wildman–Crippen MR) is 105 cm³/mol. The summed E-state index contributed by atoms with van der Waals surface area (Å²) in [5.41, 5.74) is 3.07. The molecular formula is C20H22ClN3O3. The van der Waals surface area contributed by atoms with Crippen molar-refractivity contribution in [2.75, 3.05) is 32.8 Å². The largest absolute Gasteiger partial charge is 0.445 e. The molecule has 0 spiro atoms. The molecule has 2 amide bonds. The number of rotatable bonds is 3. The summed E-state index contributed by atoms with van der Waals surface area (Å²) in [6.45, 7) is 9.34. The van der Waals surface area contributed by atoms with Gasteiger partial charge in [0.2, 0.25) is 0 Å². The normalized spacial score (nSPS) is 14.3. The van der Waals surface area contributed by atoms with Gasteiger partial charge in [0.25, 0.3) is 5.91 Å². The van der Waals surface area contributed by atoms with Gasteiger partial charge < -0.3 is 14.5 Å². The number of carbonyl (C=O) groups is 2. The summed E-state index contributed by atoms with van der Waals surface area (Å²) in [5.74, 6) is -0.0767. The SMILES string of the molecule is C=CCOC(=O)N1CCN(C(=O)c2ccc3c(Cl)c(C)c(C)nc3c2)CC1. The van der Waals surface area contributed by atoms with Crippen molar-refractivity contribution in [2.45, 2.75) is 13.8 Å². The summed E-state index contributed by atoms with van der Waals surface area (Å²) in [6, 6.07) is 5.39. The molecule has 142 valence electrons. The molecule has 0 unspecified atom stereocenters. The summed E-state index contributed by atoms with van der Waals surface area (Å²) in [7, 11) is 0. The van der Waals surface area contributed by atoms with Gasteiger partial charge in [-0.05, 0) is 31.5 Å². The Morgan fingerprint density at radius 2 is 1.89 bits per heavy atom. The summed E-state index contributed by atoms with van der Waals surface area (Å²) in [5, 5.41) is 1.51. The number of carbonyl (C=O) groups excluding carboxylic acids is 2. The maximum Gasteiger partial charge on any atom is 0.410 e. The number of nitrogens with zero attached hydrogens (tertiary/aromatic N) is 3. The molecule has 7 heteroatoms. The molecule has 0 aliphatic carbocycles. The Morgan fingerprint density at radius 3 is 2.56 bits per heavy atom.